The van der Waals surface area contributed by atoms with E-state index in [1.54, 1.807) is 0 Å². The number of methoxy groups -OCH3 is 1. The molecular formula is C38H76O14. The molecule has 0 saturated carbocycles. The van der Waals surface area contributed by atoms with E-state index < -0.39 is 0 Å². The number of rotatable bonds is 47. The summed E-state index contributed by atoms with van der Waals surface area (Å²) in [7, 11) is 1.35. The molecule has 14 heteroatoms. The van der Waals surface area contributed by atoms with E-state index in [1.807, 2.05) is 0 Å². The summed E-state index contributed by atoms with van der Waals surface area (Å²) in [4.78, 5) is 10.9. The standard InChI is InChI=1S/C38H76O14/c1-3-4-5-6-7-8-9-10-11-12-14-41-16-18-43-20-22-45-24-26-47-28-30-49-32-34-51-36-37-52-35-33-50-31-29-48-27-25-46-23-21-44-19-17-42-15-13-38(39)40-2/h3-37H2,1-2H3. The molecule has 0 N–H and O–H groups in total. The highest BCUT2D eigenvalue weighted by Gasteiger charge is 2.00. The SMILES string of the molecule is CCCCCCCCCCCCOCCOCCOCCOCCOCCOCCOCCOCCOCCOCCOCCOCCC(=O)OC. The number of carbonyl (C=O) groups excluding carboxylic acids is 1. The third kappa shape index (κ3) is 47.0. The Balaban J connectivity index is 3.06. The summed E-state index contributed by atoms with van der Waals surface area (Å²) in [6.45, 7) is 14.8. The van der Waals surface area contributed by atoms with E-state index in [0.29, 0.717) is 152 Å². The van der Waals surface area contributed by atoms with Crippen LogP contribution >= 0.6 is 0 Å². The van der Waals surface area contributed by atoms with Gasteiger partial charge in [-0.1, -0.05) is 64.7 Å². The molecule has 52 heavy (non-hydrogen) atoms. The Bertz CT molecular complexity index is 661. The first-order valence-corrected chi connectivity index (χ1v) is 19.8. The monoisotopic (exact) mass is 757 g/mol. The number of ether oxygens (including phenoxy) is 13. The van der Waals surface area contributed by atoms with Gasteiger partial charge in [-0.05, 0) is 6.42 Å². The molecule has 0 aliphatic rings. The lowest BCUT2D eigenvalue weighted by molar-refractivity contribution is -0.141. The first-order valence-electron chi connectivity index (χ1n) is 19.8. The van der Waals surface area contributed by atoms with Crippen molar-refractivity contribution >= 4 is 5.97 Å². The van der Waals surface area contributed by atoms with E-state index in [9.17, 15) is 4.79 Å². The molecule has 0 spiro atoms. The Hall–Kier alpha value is -1.01. The lowest BCUT2D eigenvalue weighted by atomic mass is 10.1. The predicted octanol–water partition coefficient (Wildman–Crippen LogP) is 4.67. The minimum absolute atomic E-state index is 0.246. The quantitative estimate of drug-likeness (QED) is 0.0628. The molecular weight excluding hydrogens is 680 g/mol. The summed E-state index contributed by atoms with van der Waals surface area (Å²) in [5, 5.41) is 0. The van der Waals surface area contributed by atoms with Gasteiger partial charge in [0.25, 0.3) is 0 Å². The van der Waals surface area contributed by atoms with Crippen LogP contribution in [0.5, 0.6) is 0 Å². The van der Waals surface area contributed by atoms with Gasteiger partial charge < -0.3 is 61.6 Å². The first-order chi connectivity index (χ1) is 25.8. The van der Waals surface area contributed by atoms with Crippen LogP contribution in [-0.2, 0) is 66.4 Å². The van der Waals surface area contributed by atoms with Crippen LogP contribution in [0.2, 0.25) is 0 Å². The zero-order valence-corrected chi connectivity index (χ0v) is 33.0. The molecule has 0 aromatic rings. The minimum Gasteiger partial charge on any atom is -0.469 e. The summed E-state index contributed by atoms with van der Waals surface area (Å²) in [5.74, 6) is -0.284. The zero-order chi connectivity index (χ0) is 37.5. The molecule has 0 fully saturated rings. The van der Waals surface area contributed by atoms with Crippen LogP contribution in [-0.4, -0.2) is 172 Å². The van der Waals surface area contributed by atoms with Gasteiger partial charge in [-0.3, -0.25) is 4.79 Å². The second kappa shape index (κ2) is 48.0. The molecule has 0 radical (unpaired) electrons. The number of unbranched alkanes of at least 4 members (excludes halogenated alkanes) is 9. The van der Waals surface area contributed by atoms with Crippen molar-refractivity contribution in [1.29, 1.82) is 0 Å². The Labute approximate surface area is 315 Å². The average molecular weight is 757 g/mol. The number of hydrogen-bond acceptors (Lipinski definition) is 14. The molecule has 0 aliphatic carbocycles. The number of esters is 1. The second-order valence-electron chi connectivity index (χ2n) is 11.9. The van der Waals surface area contributed by atoms with E-state index in [-0.39, 0.29) is 12.4 Å². The predicted molar refractivity (Wildman–Crippen MR) is 198 cm³/mol. The highest BCUT2D eigenvalue weighted by Crippen LogP contribution is 2.10. The van der Waals surface area contributed by atoms with Gasteiger partial charge in [0.2, 0.25) is 0 Å². The third-order valence-corrected chi connectivity index (χ3v) is 7.41. The van der Waals surface area contributed by atoms with Gasteiger partial charge in [0.05, 0.1) is 165 Å². The van der Waals surface area contributed by atoms with E-state index in [2.05, 4.69) is 11.7 Å². The Morgan fingerprint density at radius 3 is 0.750 bits per heavy atom. The molecule has 0 saturated heterocycles. The van der Waals surface area contributed by atoms with Crippen LogP contribution in [0.4, 0.5) is 0 Å². The molecule has 0 heterocycles. The lowest BCUT2D eigenvalue weighted by Crippen LogP contribution is -2.15. The minimum atomic E-state index is -0.284. The average Bonchev–Trinajstić information content (AvgIpc) is 3.16. The molecule has 312 valence electrons. The molecule has 0 bridgehead atoms. The number of hydrogen-bond donors (Lipinski definition) is 0. The highest BCUT2D eigenvalue weighted by atomic mass is 16.6. The maximum atomic E-state index is 10.9. The van der Waals surface area contributed by atoms with Crippen molar-refractivity contribution in [2.45, 2.75) is 77.6 Å². The van der Waals surface area contributed by atoms with Gasteiger partial charge in [-0.15, -0.1) is 0 Å². The Kier molecular flexibility index (Phi) is 47.1. The largest absolute Gasteiger partial charge is 0.469 e. The van der Waals surface area contributed by atoms with Crippen LogP contribution in [0.1, 0.15) is 77.6 Å². The fourth-order valence-electron chi connectivity index (χ4n) is 4.47. The van der Waals surface area contributed by atoms with Crippen molar-refractivity contribution in [3.8, 4) is 0 Å². The van der Waals surface area contributed by atoms with Crippen LogP contribution in [0, 0.1) is 0 Å². The fraction of sp³-hybridized carbons (Fsp3) is 0.974. The summed E-state index contributed by atoms with van der Waals surface area (Å²) >= 11 is 0. The zero-order valence-electron chi connectivity index (χ0n) is 33.0. The maximum Gasteiger partial charge on any atom is 0.307 e. The van der Waals surface area contributed by atoms with Crippen LogP contribution in [0.3, 0.4) is 0 Å². The topological polar surface area (TPSA) is 137 Å². The molecule has 0 rings (SSSR count). The first kappa shape index (κ1) is 51.0. The Morgan fingerprint density at radius 2 is 0.500 bits per heavy atom. The van der Waals surface area contributed by atoms with E-state index in [0.717, 1.165) is 13.0 Å². The van der Waals surface area contributed by atoms with Gasteiger partial charge in [0.15, 0.2) is 0 Å². The van der Waals surface area contributed by atoms with Crippen molar-refractivity contribution in [3.63, 3.8) is 0 Å². The van der Waals surface area contributed by atoms with Crippen LogP contribution in [0.15, 0.2) is 0 Å². The van der Waals surface area contributed by atoms with E-state index in [1.165, 1.54) is 64.9 Å². The van der Waals surface area contributed by atoms with Gasteiger partial charge >= 0.3 is 5.97 Å². The van der Waals surface area contributed by atoms with Crippen LogP contribution in [0.25, 0.3) is 0 Å². The summed E-state index contributed by atoms with van der Waals surface area (Å²) in [6, 6.07) is 0. The van der Waals surface area contributed by atoms with Crippen molar-refractivity contribution in [2.75, 3.05) is 166 Å². The van der Waals surface area contributed by atoms with Gasteiger partial charge in [0.1, 0.15) is 0 Å². The fourth-order valence-corrected chi connectivity index (χ4v) is 4.47. The van der Waals surface area contributed by atoms with Gasteiger partial charge in [0, 0.05) is 6.61 Å². The summed E-state index contributed by atoms with van der Waals surface area (Å²) in [5.41, 5.74) is 0. The third-order valence-electron chi connectivity index (χ3n) is 7.41. The molecule has 0 aromatic heterocycles. The smallest absolute Gasteiger partial charge is 0.307 e. The molecule has 0 amide bonds. The molecule has 0 aromatic carbocycles. The molecule has 14 nitrogen and oxygen atoms in total. The van der Waals surface area contributed by atoms with Crippen molar-refractivity contribution in [1.82, 2.24) is 0 Å². The molecule has 0 atom stereocenters. The Morgan fingerprint density at radius 1 is 0.288 bits per heavy atom. The molecule has 0 aliphatic heterocycles. The van der Waals surface area contributed by atoms with Crippen molar-refractivity contribution < 1.29 is 66.4 Å². The number of carbonyl (C=O) groups is 1. The van der Waals surface area contributed by atoms with E-state index in [4.69, 9.17) is 56.8 Å². The van der Waals surface area contributed by atoms with Gasteiger partial charge in [-0.2, -0.15) is 0 Å². The summed E-state index contributed by atoms with van der Waals surface area (Å²) < 4.78 is 70.3. The normalized spacial score (nSPS) is 11.5. The van der Waals surface area contributed by atoms with Crippen LogP contribution < -0.4 is 0 Å². The maximum absolute atomic E-state index is 10.9. The molecule has 0 unspecified atom stereocenters. The van der Waals surface area contributed by atoms with Crippen molar-refractivity contribution in [3.05, 3.63) is 0 Å². The highest BCUT2D eigenvalue weighted by molar-refractivity contribution is 5.69. The lowest BCUT2D eigenvalue weighted by Gasteiger charge is -2.09. The van der Waals surface area contributed by atoms with E-state index >= 15 is 0 Å². The summed E-state index contributed by atoms with van der Waals surface area (Å²) in [6.07, 6.45) is 13.6. The second-order valence-corrected chi connectivity index (χ2v) is 11.9. The van der Waals surface area contributed by atoms with Crippen molar-refractivity contribution in [2.24, 2.45) is 0 Å². The van der Waals surface area contributed by atoms with Gasteiger partial charge in [-0.25, -0.2) is 0 Å².